The molecular weight excluding hydrogens is 488 g/mol. The summed E-state index contributed by atoms with van der Waals surface area (Å²) in [6.45, 7) is 7.72. The van der Waals surface area contributed by atoms with Crippen molar-refractivity contribution >= 4 is 35.1 Å². The molecule has 3 aromatic rings. The number of carboxylic acid groups (broad SMARTS) is 1. The second kappa shape index (κ2) is 13.8. The topological polar surface area (TPSA) is 129 Å². The van der Waals surface area contributed by atoms with Gasteiger partial charge in [-0.15, -0.1) is 0 Å². The third-order valence-corrected chi connectivity index (χ3v) is 5.90. The van der Waals surface area contributed by atoms with Crippen molar-refractivity contribution in [3.05, 3.63) is 60.3 Å². The van der Waals surface area contributed by atoms with Crippen LogP contribution in [0.25, 0.3) is 0 Å². The molecule has 3 N–H and O–H groups in total. The average Bonchev–Trinajstić information content (AvgIpc) is 2.93. The van der Waals surface area contributed by atoms with Crippen molar-refractivity contribution in [2.24, 2.45) is 0 Å². The molecule has 0 saturated carbocycles. The molecule has 0 radical (unpaired) electrons. The van der Waals surface area contributed by atoms with Crippen LogP contribution in [0.3, 0.4) is 0 Å². The monoisotopic (exact) mass is 522 g/mol. The number of carbonyl (C=O) groups excluding carboxylic acids is 1. The van der Waals surface area contributed by atoms with Gasteiger partial charge in [-0.25, -0.2) is 14.7 Å². The van der Waals surface area contributed by atoms with Crippen LogP contribution in [0, 0.1) is 0 Å². The fourth-order valence-electron chi connectivity index (χ4n) is 3.84. The fraction of sp³-hybridized carbons (Fsp3) is 0.333. The molecular formula is C27H34N6O5. The largest absolute Gasteiger partial charge is 0.497 e. The predicted octanol–water partition coefficient (Wildman–Crippen LogP) is 4.52. The van der Waals surface area contributed by atoms with Crippen molar-refractivity contribution in [3.63, 3.8) is 0 Å². The van der Waals surface area contributed by atoms with E-state index in [0.717, 1.165) is 31.0 Å². The summed E-state index contributed by atoms with van der Waals surface area (Å²) in [6, 6.07) is 13.2. The first-order valence-corrected chi connectivity index (χ1v) is 12.4. The highest BCUT2D eigenvalue weighted by Crippen LogP contribution is 2.36. The molecule has 2 aromatic carbocycles. The number of carbonyl (C=O) groups is 2. The highest BCUT2D eigenvalue weighted by molar-refractivity contribution is 5.96. The minimum absolute atomic E-state index is 0.112. The molecule has 0 atom stereocenters. The van der Waals surface area contributed by atoms with Crippen LogP contribution >= 0.6 is 0 Å². The van der Waals surface area contributed by atoms with E-state index in [1.165, 1.54) is 26.5 Å². The minimum atomic E-state index is -1.25. The highest BCUT2D eigenvalue weighted by Gasteiger charge is 2.23. The summed E-state index contributed by atoms with van der Waals surface area (Å²) in [6.07, 6.45) is 1.06. The molecule has 202 valence electrons. The molecule has 0 fully saturated rings. The number of nitrogens with one attached hydrogen (secondary N) is 2. The summed E-state index contributed by atoms with van der Waals surface area (Å²) in [5, 5.41) is 16.0. The summed E-state index contributed by atoms with van der Waals surface area (Å²) < 4.78 is 10.6. The molecule has 0 unspecified atom stereocenters. The number of nitrogens with zero attached hydrogens (tertiary/aromatic N) is 4. The normalized spacial score (nSPS) is 10.7. The van der Waals surface area contributed by atoms with Gasteiger partial charge in [0.05, 0.1) is 19.9 Å². The summed E-state index contributed by atoms with van der Waals surface area (Å²) in [7, 11) is 2.96. The summed E-state index contributed by atoms with van der Waals surface area (Å²) in [5.41, 5.74) is 1.34. The molecule has 0 spiro atoms. The second-order valence-corrected chi connectivity index (χ2v) is 8.24. The van der Waals surface area contributed by atoms with Crippen LogP contribution in [-0.4, -0.2) is 72.4 Å². The molecule has 0 aliphatic rings. The van der Waals surface area contributed by atoms with E-state index < -0.39 is 6.09 Å². The van der Waals surface area contributed by atoms with Gasteiger partial charge < -0.3 is 30.1 Å². The van der Waals surface area contributed by atoms with Crippen molar-refractivity contribution in [2.75, 3.05) is 50.6 Å². The number of methoxy groups -OCH3 is 2. The number of aromatic nitrogens is 2. The molecule has 2 amide bonds. The van der Waals surface area contributed by atoms with E-state index in [1.807, 2.05) is 0 Å². The molecule has 0 aliphatic heterocycles. The minimum Gasteiger partial charge on any atom is -0.497 e. The Morgan fingerprint density at radius 2 is 1.82 bits per heavy atom. The van der Waals surface area contributed by atoms with E-state index in [4.69, 9.17) is 9.47 Å². The fourth-order valence-corrected chi connectivity index (χ4v) is 3.84. The van der Waals surface area contributed by atoms with Crippen molar-refractivity contribution in [1.82, 2.24) is 20.2 Å². The summed E-state index contributed by atoms with van der Waals surface area (Å²) in [5.74, 6) is 0.926. The SMILES string of the molecule is CCN(CC)CCCNC(=O)c1cccc(Nc2nccc(N(C(=O)O)c3ccc(OC)cc3OC)n2)c1. The number of benzene rings is 2. The van der Waals surface area contributed by atoms with Gasteiger partial charge in [0.1, 0.15) is 17.3 Å². The van der Waals surface area contributed by atoms with Crippen LogP contribution in [0.4, 0.5) is 27.9 Å². The van der Waals surface area contributed by atoms with E-state index in [2.05, 4.69) is 39.3 Å². The lowest BCUT2D eigenvalue weighted by atomic mass is 10.2. The smallest absolute Gasteiger partial charge is 0.417 e. The number of rotatable bonds is 13. The Labute approximate surface area is 222 Å². The number of ether oxygens (including phenoxy) is 2. The highest BCUT2D eigenvalue weighted by atomic mass is 16.5. The first kappa shape index (κ1) is 28.2. The van der Waals surface area contributed by atoms with Gasteiger partial charge in [-0.2, -0.15) is 4.98 Å². The first-order valence-electron chi connectivity index (χ1n) is 12.4. The number of hydrogen-bond donors (Lipinski definition) is 3. The van der Waals surface area contributed by atoms with Gasteiger partial charge >= 0.3 is 6.09 Å². The van der Waals surface area contributed by atoms with E-state index in [0.29, 0.717) is 29.3 Å². The van der Waals surface area contributed by atoms with Crippen LogP contribution in [0.5, 0.6) is 11.5 Å². The zero-order valence-corrected chi connectivity index (χ0v) is 22.1. The molecule has 1 heterocycles. The lowest BCUT2D eigenvalue weighted by Gasteiger charge is -2.21. The van der Waals surface area contributed by atoms with E-state index in [-0.39, 0.29) is 23.4 Å². The van der Waals surface area contributed by atoms with Gasteiger partial charge in [-0.1, -0.05) is 19.9 Å². The molecule has 38 heavy (non-hydrogen) atoms. The average molecular weight is 523 g/mol. The van der Waals surface area contributed by atoms with Gasteiger partial charge in [0.25, 0.3) is 5.91 Å². The van der Waals surface area contributed by atoms with Gasteiger partial charge in [0, 0.05) is 36.1 Å². The molecule has 0 saturated heterocycles. The van der Waals surface area contributed by atoms with Gasteiger partial charge in [0.15, 0.2) is 0 Å². The Hall–Kier alpha value is -4.38. The van der Waals surface area contributed by atoms with Crippen LogP contribution in [0.15, 0.2) is 54.7 Å². The van der Waals surface area contributed by atoms with Gasteiger partial charge in [0.2, 0.25) is 5.95 Å². The Morgan fingerprint density at radius 1 is 1.03 bits per heavy atom. The Morgan fingerprint density at radius 3 is 2.50 bits per heavy atom. The Bertz CT molecular complexity index is 1230. The Kier molecular flexibility index (Phi) is 10.2. The quantitative estimate of drug-likeness (QED) is 0.278. The molecule has 0 bridgehead atoms. The van der Waals surface area contributed by atoms with Crippen LogP contribution in [0.2, 0.25) is 0 Å². The number of anilines is 4. The van der Waals surface area contributed by atoms with Gasteiger partial charge in [-0.3, -0.25) is 4.79 Å². The number of amides is 2. The number of hydrogen-bond acceptors (Lipinski definition) is 8. The first-order chi connectivity index (χ1) is 18.4. The Balaban J connectivity index is 1.74. The third-order valence-electron chi connectivity index (χ3n) is 5.90. The maximum Gasteiger partial charge on any atom is 0.417 e. The van der Waals surface area contributed by atoms with Crippen LogP contribution in [-0.2, 0) is 0 Å². The molecule has 11 heteroatoms. The predicted molar refractivity (Wildman–Crippen MR) is 146 cm³/mol. The third kappa shape index (κ3) is 7.32. The van der Waals surface area contributed by atoms with E-state index >= 15 is 0 Å². The molecule has 11 nitrogen and oxygen atoms in total. The molecule has 0 aliphatic carbocycles. The van der Waals surface area contributed by atoms with E-state index in [9.17, 15) is 14.7 Å². The lowest BCUT2D eigenvalue weighted by molar-refractivity contribution is 0.0951. The molecule has 3 rings (SSSR count). The maximum atomic E-state index is 12.6. The second-order valence-electron chi connectivity index (χ2n) is 8.24. The van der Waals surface area contributed by atoms with Crippen molar-refractivity contribution in [1.29, 1.82) is 0 Å². The van der Waals surface area contributed by atoms with Crippen LogP contribution < -0.4 is 25.0 Å². The zero-order chi connectivity index (χ0) is 27.5. The maximum absolute atomic E-state index is 12.6. The summed E-state index contributed by atoms with van der Waals surface area (Å²) >= 11 is 0. The van der Waals surface area contributed by atoms with Crippen molar-refractivity contribution < 1.29 is 24.2 Å². The molecule has 1 aromatic heterocycles. The van der Waals surface area contributed by atoms with Crippen molar-refractivity contribution in [3.8, 4) is 11.5 Å². The van der Waals surface area contributed by atoms with Crippen molar-refractivity contribution in [2.45, 2.75) is 20.3 Å². The summed E-state index contributed by atoms with van der Waals surface area (Å²) in [4.78, 5) is 36.7. The standard InChI is InChI=1S/C27H34N6O5/c1-5-32(6-2)16-8-14-28-25(34)19-9-7-10-20(17-19)30-26-29-15-13-24(31-26)33(27(35)36)22-12-11-21(37-3)18-23(22)38-4/h7,9-13,15,17-18H,5-6,8,14,16H2,1-4H3,(H,28,34)(H,35,36)(H,29,30,31). The zero-order valence-electron chi connectivity index (χ0n) is 22.1. The van der Waals surface area contributed by atoms with Gasteiger partial charge in [-0.05, 0) is 56.4 Å². The van der Waals surface area contributed by atoms with Crippen LogP contribution in [0.1, 0.15) is 30.6 Å². The van der Waals surface area contributed by atoms with E-state index in [1.54, 1.807) is 42.5 Å². The lowest BCUT2D eigenvalue weighted by Crippen LogP contribution is -2.29.